The molecule has 248 valence electrons. The number of quaternary nitrogens is 1. The lowest BCUT2D eigenvalue weighted by atomic mass is 10.3. The quantitative estimate of drug-likeness (QED) is 0.0604. The Balaban J connectivity index is 0.00000123. The van der Waals surface area contributed by atoms with Gasteiger partial charge in [-0.15, -0.1) is 5.06 Å². The Labute approximate surface area is 264 Å². The molecule has 0 radical (unpaired) electrons. The van der Waals surface area contributed by atoms with Gasteiger partial charge in [-0.3, -0.25) is 33.7 Å². The number of nitrogens with zero attached hydrogens (tertiary/aromatic N) is 2. The van der Waals surface area contributed by atoms with Crippen LogP contribution in [0.4, 0.5) is 0 Å². The van der Waals surface area contributed by atoms with Crippen LogP contribution < -0.4 is 15.5 Å². The molecule has 2 aliphatic heterocycles. The molecular formula is C25H39N5O11S3. The molecule has 0 aliphatic carbocycles. The van der Waals surface area contributed by atoms with Crippen LogP contribution in [0.2, 0.25) is 0 Å². The van der Waals surface area contributed by atoms with E-state index in [0.29, 0.717) is 5.06 Å². The van der Waals surface area contributed by atoms with Gasteiger partial charge in [0.2, 0.25) is 11.8 Å². The van der Waals surface area contributed by atoms with Crippen LogP contribution in [-0.4, -0.2) is 120 Å². The highest BCUT2D eigenvalue weighted by Gasteiger charge is 2.32. The molecule has 1 unspecified atom stereocenters. The zero-order valence-electron chi connectivity index (χ0n) is 24.8. The van der Waals surface area contributed by atoms with Crippen LogP contribution in [0.25, 0.3) is 0 Å². The Hall–Kier alpha value is -3.00. The molecule has 6 amide bonds. The van der Waals surface area contributed by atoms with E-state index in [1.165, 1.54) is 41.2 Å². The van der Waals surface area contributed by atoms with Gasteiger partial charge in [0.25, 0.3) is 23.6 Å². The molecule has 0 aromatic rings. The molecule has 16 nitrogen and oxygen atoms in total. The molecular weight excluding hydrogens is 643 g/mol. The summed E-state index contributed by atoms with van der Waals surface area (Å²) in [6.45, 7) is 9.42. The molecule has 3 N–H and O–H groups in total. The summed E-state index contributed by atoms with van der Waals surface area (Å²) >= 11 is 0. The van der Waals surface area contributed by atoms with E-state index >= 15 is 0 Å². The van der Waals surface area contributed by atoms with Crippen LogP contribution in [0.15, 0.2) is 12.2 Å². The van der Waals surface area contributed by atoms with Gasteiger partial charge < -0.3 is 24.9 Å². The van der Waals surface area contributed by atoms with E-state index in [-0.39, 0.29) is 50.3 Å². The first-order valence-electron chi connectivity index (χ1n) is 13.9. The van der Waals surface area contributed by atoms with Crippen molar-refractivity contribution < 1.29 is 56.3 Å². The number of carbonyl (C=O) groups excluding carboxylic acids is 7. The zero-order valence-corrected chi connectivity index (χ0v) is 27.3. The van der Waals surface area contributed by atoms with Gasteiger partial charge in [0.05, 0.1) is 26.1 Å². The molecule has 0 spiro atoms. The fourth-order valence-corrected chi connectivity index (χ4v) is 6.12. The third-order valence-corrected chi connectivity index (χ3v) is 9.73. The predicted molar refractivity (Wildman–Crippen MR) is 159 cm³/mol. The molecule has 2 heterocycles. The number of imide groups is 2. The van der Waals surface area contributed by atoms with Gasteiger partial charge >= 0.3 is 5.97 Å². The van der Waals surface area contributed by atoms with Gasteiger partial charge in [-0.05, 0) is 20.8 Å². The minimum atomic E-state index is -5.11. The van der Waals surface area contributed by atoms with Crippen molar-refractivity contribution in [3.05, 3.63) is 12.2 Å². The van der Waals surface area contributed by atoms with E-state index in [4.69, 9.17) is 4.84 Å². The Bertz CT molecular complexity index is 1150. The maximum absolute atomic E-state index is 12.2. The van der Waals surface area contributed by atoms with Crippen LogP contribution in [0.5, 0.6) is 0 Å². The van der Waals surface area contributed by atoms with E-state index in [2.05, 4.69) is 31.4 Å². The Morgan fingerprint density at radius 3 is 1.98 bits per heavy atom. The second kappa shape index (κ2) is 20.1. The molecule has 2 rings (SSSR count). The number of hydroxylamine groups is 2. The second-order valence-electron chi connectivity index (χ2n) is 9.24. The van der Waals surface area contributed by atoms with Gasteiger partial charge in [-0.1, -0.05) is 21.6 Å². The van der Waals surface area contributed by atoms with E-state index in [9.17, 15) is 46.5 Å². The third-order valence-electron chi connectivity index (χ3n) is 6.24. The monoisotopic (exact) mass is 681 g/mol. The number of hydrogen-bond donors (Lipinski definition) is 3. The second-order valence-corrected chi connectivity index (χ2v) is 13.5. The first-order chi connectivity index (χ1) is 20.7. The number of carbonyl (C=O) groups is 7. The molecule has 1 atom stereocenters. The number of rotatable bonds is 18. The third kappa shape index (κ3) is 14.2. The molecule has 0 aromatic heterocycles. The Kier molecular flexibility index (Phi) is 17.8. The van der Waals surface area contributed by atoms with Crippen molar-refractivity contribution in [1.82, 2.24) is 20.6 Å². The number of nitrogens with one attached hydrogen (secondary N) is 3. The highest BCUT2D eigenvalue weighted by atomic mass is 33.1. The van der Waals surface area contributed by atoms with Gasteiger partial charge in [-0.2, -0.15) is 0 Å². The molecule has 1 saturated heterocycles. The van der Waals surface area contributed by atoms with Crippen molar-refractivity contribution in [3.8, 4) is 0 Å². The maximum Gasteiger partial charge on any atom is 0.334 e. The summed E-state index contributed by atoms with van der Waals surface area (Å²) in [7, 11) is -2.67. The topological polar surface area (TPSA) is 221 Å². The van der Waals surface area contributed by atoms with Crippen molar-refractivity contribution in [3.63, 3.8) is 0 Å². The normalized spacial score (nSPS) is 15.4. The summed E-state index contributed by atoms with van der Waals surface area (Å²) in [4.78, 5) is 88.6. The van der Waals surface area contributed by atoms with Crippen LogP contribution in [-0.2, 0) is 48.5 Å². The van der Waals surface area contributed by atoms with E-state index in [1.54, 1.807) is 4.90 Å². The summed E-state index contributed by atoms with van der Waals surface area (Å²) in [5, 5.41) is 2.78. The average Bonchev–Trinajstić information content (AvgIpc) is 3.46. The minimum absolute atomic E-state index is 0.00963. The molecule has 1 fully saturated rings. The maximum atomic E-state index is 12.2. The molecule has 19 heteroatoms. The number of amides is 6. The minimum Gasteiger partial charge on any atom is -0.747 e. The van der Waals surface area contributed by atoms with E-state index in [0.717, 1.165) is 17.1 Å². The molecule has 2 aliphatic rings. The highest BCUT2D eigenvalue weighted by molar-refractivity contribution is 8.76. The van der Waals surface area contributed by atoms with Gasteiger partial charge in [0.15, 0.2) is 0 Å². The van der Waals surface area contributed by atoms with Crippen molar-refractivity contribution >= 4 is 73.1 Å². The summed E-state index contributed by atoms with van der Waals surface area (Å²) in [6, 6.07) is 0. The summed E-state index contributed by atoms with van der Waals surface area (Å²) in [6.07, 6.45) is 1.62. The zero-order chi connectivity index (χ0) is 33.3. The van der Waals surface area contributed by atoms with Crippen molar-refractivity contribution in [2.24, 2.45) is 0 Å². The van der Waals surface area contributed by atoms with Crippen molar-refractivity contribution in [2.45, 2.75) is 51.7 Å². The summed E-state index contributed by atoms with van der Waals surface area (Å²) < 4.78 is 34.4. The summed E-state index contributed by atoms with van der Waals surface area (Å²) in [5.74, 6) is -4.45. The summed E-state index contributed by atoms with van der Waals surface area (Å²) in [5.41, 5.74) is 0. The SMILES string of the molecule is CC[NH+](CC)CC.O=C(CCN1C(=O)C=CC1=O)NCC(C(=O)NCCSSCCC(=O)ON1C(=O)CCC1=O)S(=O)(=O)[O-]. The van der Waals surface area contributed by atoms with Crippen LogP contribution in [0.1, 0.15) is 46.5 Å². The first-order valence-corrected chi connectivity index (χ1v) is 17.9. The lowest BCUT2D eigenvalue weighted by Gasteiger charge is -2.20. The number of hydrogen-bond acceptors (Lipinski definition) is 13. The molecule has 0 bridgehead atoms. The van der Waals surface area contributed by atoms with E-state index < -0.39 is 63.3 Å². The van der Waals surface area contributed by atoms with Crippen LogP contribution in [0.3, 0.4) is 0 Å². The lowest BCUT2D eigenvalue weighted by Crippen LogP contribution is -3.11. The fourth-order valence-electron chi connectivity index (χ4n) is 3.61. The van der Waals surface area contributed by atoms with Gasteiger partial charge in [0.1, 0.15) is 15.4 Å². The standard InChI is InChI=1S/C19H24N4O11S3.C6H15N/c24-13(5-8-22-14(25)1-2-15(22)26)21-11-12(37(31,32)33)19(30)20-7-10-36-35-9-6-18(29)34-23-16(27)3-4-17(23)28;1-4-7(5-2)6-3/h1-2,12H,3-11H2,(H,20,30)(H,21,24)(H,31,32,33);4-6H2,1-3H3. The Morgan fingerprint density at radius 2 is 1.48 bits per heavy atom. The van der Waals surface area contributed by atoms with Gasteiger partial charge in [-0.25, -0.2) is 13.2 Å². The molecule has 0 saturated carbocycles. The van der Waals surface area contributed by atoms with Gasteiger partial charge in [0, 0.05) is 62.6 Å². The van der Waals surface area contributed by atoms with Crippen molar-refractivity contribution in [1.29, 1.82) is 0 Å². The molecule has 44 heavy (non-hydrogen) atoms. The Morgan fingerprint density at radius 1 is 0.932 bits per heavy atom. The lowest BCUT2D eigenvalue weighted by molar-refractivity contribution is -0.894. The fraction of sp³-hybridized carbons (Fsp3) is 0.640. The largest absolute Gasteiger partial charge is 0.747 e. The predicted octanol–water partition coefficient (Wildman–Crippen LogP) is -2.24. The van der Waals surface area contributed by atoms with Crippen LogP contribution in [0, 0.1) is 0 Å². The van der Waals surface area contributed by atoms with E-state index in [1.807, 2.05) is 0 Å². The molecule has 0 aromatic carbocycles. The highest BCUT2D eigenvalue weighted by Crippen LogP contribution is 2.22. The smallest absolute Gasteiger partial charge is 0.334 e. The average molecular weight is 682 g/mol. The van der Waals surface area contributed by atoms with Crippen molar-refractivity contribution in [2.75, 3.05) is 50.8 Å². The van der Waals surface area contributed by atoms with Crippen LogP contribution >= 0.6 is 21.6 Å². The first kappa shape index (κ1) is 39.0.